The quantitative estimate of drug-likeness (QED) is 0.285. The van der Waals surface area contributed by atoms with Crippen molar-refractivity contribution in [3.63, 3.8) is 0 Å². The van der Waals surface area contributed by atoms with Gasteiger partial charge in [-0.1, -0.05) is 17.8 Å². The molecule has 0 saturated carbocycles. The van der Waals surface area contributed by atoms with Crippen molar-refractivity contribution in [2.75, 3.05) is 25.3 Å². The number of ether oxygens (including phenoxy) is 2. The first-order valence-electron chi connectivity index (χ1n) is 9.71. The average Bonchev–Trinajstić information content (AvgIpc) is 3.42. The minimum absolute atomic E-state index is 0.0251. The summed E-state index contributed by atoms with van der Waals surface area (Å²) in [6.45, 7) is 6.02. The van der Waals surface area contributed by atoms with Crippen LogP contribution in [0.25, 0.3) is 11.4 Å². The zero-order chi connectivity index (χ0) is 24.0. The van der Waals surface area contributed by atoms with Gasteiger partial charge in [-0.15, -0.1) is 16.8 Å². The molecule has 0 atom stereocenters. The standard InChI is InChI=1S/C22H22N4O6S/c1-5-9-26-19(15-8-10-32-13(15)2)24-25-22(26)33-12-18(27)23-17-11-14(20(28)30-3)6-7-16(17)21(29)31-4/h5-8,10-11H,1,9,12H2,2-4H3,(H,23,27). The van der Waals surface area contributed by atoms with E-state index in [1.807, 2.05) is 11.5 Å². The van der Waals surface area contributed by atoms with Crippen molar-refractivity contribution in [1.29, 1.82) is 0 Å². The number of hydrogen-bond acceptors (Lipinski definition) is 9. The lowest BCUT2D eigenvalue weighted by molar-refractivity contribution is -0.113. The van der Waals surface area contributed by atoms with Crippen LogP contribution in [0.3, 0.4) is 0 Å². The second-order valence-corrected chi connectivity index (χ2v) is 7.62. The number of carbonyl (C=O) groups excluding carboxylic acids is 3. The third kappa shape index (κ3) is 5.32. The molecule has 2 aromatic heterocycles. The first-order chi connectivity index (χ1) is 15.9. The van der Waals surface area contributed by atoms with E-state index in [0.29, 0.717) is 23.3 Å². The maximum atomic E-state index is 12.7. The SMILES string of the molecule is C=CCn1c(SCC(=O)Nc2cc(C(=O)OC)ccc2C(=O)OC)nnc1-c1ccoc1C. The molecule has 0 aliphatic heterocycles. The molecule has 1 N–H and O–H groups in total. The summed E-state index contributed by atoms with van der Waals surface area (Å²) >= 11 is 1.16. The molecular formula is C22H22N4O6S. The van der Waals surface area contributed by atoms with Crippen molar-refractivity contribution in [3.05, 3.63) is 60.1 Å². The van der Waals surface area contributed by atoms with E-state index in [1.165, 1.54) is 32.4 Å². The first-order valence-corrected chi connectivity index (χ1v) is 10.7. The molecule has 0 unspecified atom stereocenters. The van der Waals surface area contributed by atoms with Crippen LogP contribution in [0.5, 0.6) is 0 Å². The summed E-state index contributed by atoms with van der Waals surface area (Å²) in [6.07, 6.45) is 3.27. The van der Waals surface area contributed by atoms with E-state index in [9.17, 15) is 14.4 Å². The van der Waals surface area contributed by atoms with Gasteiger partial charge < -0.3 is 19.2 Å². The van der Waals surface area contributed by atoms with Crippen molar-refractivity contribution in [3.8, 4) is 11.4 Å². The summed E-state index contributed by atoms with van der Waals surface area (Å²) in [5, 5.41) is 11.6. The van der Waals surface area contributed by atoms with Crippen LogP contribution in [0.2, 0.25) is 0 Å². The Labute approximate surface area is 194 Å². The van der Waals surface area contributed by atoms with Crippen molar-refractivity contribution in [2.24, 2.45) is 0 Å². The van der Waals surface area contributed by atoms with Crippen LogP contribution < -0.4 is 5.32 Å². The third-order valence-electron chi connectivity index (χ3n) is 4.58. The molecule has 0 fully saturated rings. The van der Waals surface area contributed by atoms with Gasteiger partial charge in [-0.2, -0.15) is 0 Å². The fraction of sp³-hybridized carbons (Fsp3) is 0.227. The summed E-state index contributed by atoms with van der Waals surface area (Å²) in [4.78, 5) is 36.6. The van der Waals surface area contributed by atoms with Gasteiger partial charge in [0.1, 0.15) is 5.76 Å². The Bertz CT molecular complexity index is 1200. The van der Waals surface area contributed by atoms with Gasteiger partial charge in [-0.3, -0.25) is 9.36 Å². The predicted octanol–water partition coefficient (Wildman–Crippen LogP) is 3.34. The van der Waals surface area contributed by atoms with Gasteiger partial charge >= 0.3 is 11.9 Å². The first kappa shape index (κ1) is 23.8. The van der Waals surface area contributed by atoms with Crippen LogP contribution in [0, 0.1) is 6.92 Å². The van der Waals surface area contributed by atoms with Crippen LogP contribution in [-0.2, 0) is 20.8 Å². The highest BCUT2D eigenvalue weighted by molar-refractivity contribution is 7.99. The largest absolute Gasteiger partial charge is 0.469 e. The van der Waals surface area contributed by atoms with Crippen molar-refractivity contribution in [1.82, 2.24) is 14.8 Å². The summed E-state index contributed by atoms with van der Waals surface area (Å²) in [7, 11) is 2.47. The maximum Gasteiger partial charge on any atom is 0.339 e. The number of rotatable bonds is 9. The zero-order valence-corrected chi connectivity index (χ0v) is 19.1. The van der Waals surface area contributed by atoms with Crippen molar-refractivity contribution < 1.29 is 28.3 Å². The molecule has 1 amide bonds. The second-order valence-electron chi connectivity index (χ2n) is 6.68. The van der Waals surface area contributed by atoms with Crippen LogP contribution in [0.15, 0.2) is 52.8 Å². The van der Waals surface area contributed by atoms with Gasteiger partial charge in [0.05, 0.1) is 48.6 Å². The molecular weight excluding hydrogens is 448 g/mol. The summed E-state index contributed by atoms with van der Waals surface area (Å²) < 4.78 is 16.6. The number of esters is 2. The van der Waals surface area contributed by atoms with E-state index in [2.05, 4.69) is 22.1 Å². The van der Waals surface area contributed by atoms with E-state index < -0.39 is 17.8 Å². The van der Waals surface area contributed by atoms with Gasteiger partial charge in [0.2, 0.25) is 5.91 Å². The monoisotopic (exact) mass is 470 g/mol. The van der Waals surface area contributed by atoms with Gasteiger partial charge in [0.25, 0.3) is 0 Å². The number of amides is 1. The van der Waals surface area contributed by atoms with Crippen LogP contribution >= 0.6 is 11.8 Å². The molecule has 0 saturated heterocycles. The molecule has 172 valence electrons. The smallest absolute Gasteiger partial charge is 0.339 e. The average molecular weight is 471 g/mol. The number of nitrogens with one attached hydrogen (secondary N) is 1. The van der Waals surface area contributed by atoms with Gasteiger partial charge in [-0.25, -0.2) is 9.59 Å². The number of anilines is 1. The molecule has 33 heavy (non-hydrogen) atoms. The molecule has 3 rings (SSSR count). The van der Waals surface area contributed by atoms with Crippen molar-refractivity contribution >= 4 is 35.3 Å². The number of allylic oxidation sites excluding steroid dienone is 1. The topological polar surface area (TPSA) is 126 Å². The third-order valence-corrected chi connectivity index (χ3v) is 5.55. The lowest BCUT2D eigenvalue weighted by Crippen LogP contribution is -2.18. The van der Waals surface area contributed by atoms with Crippen molar-refractivity contribution in [2.45, 2.75) is 18.6 Å². The van der Waals surface area contributed by atoms with E-state index >= 15 is 0 Å². The molecule has 2 heterocycles. The number of aryl methyl sites for hydroxylation is 1. The highest BCUT2D eigenvalue weighted by Gasteiger charge is 2.20. The lowest BCUT2D eigenvalue weighted by Gasteiger charge is -2.11. The Morgan fingerprint density at radius 1 is 1.18 bits per heavy atom. The molecule has 3 aromatic rings. The minimum Gasteiger partial charge on any atom is -0.469 e. The van der Waals surface area contributed by atoms with E-state index in [0.717, 1.165) is 17.3 Å². The van der Waals surface area contributed by atoms with Gasteiger partial charge in [0, 0.05) is 6.54 Å². The fourth-order valence-corrected chi connectivity index (χ4v) is 3.75. The van der Waals surface area contributed by atoms with Gasteiger partial charge in [0.15, 0.2) is 11.0 Å². The number of thioether (sulfide) groups is 1. The predicted molar refractivity (Wildman–Crippen MR) is 121 cm³/mol. The number of nitrogens with zero attached hydrogens (tertiary/aromatic N) is 3. The Morgan fingerprint density at radius 2 is 1.94 bits per heavy atom. The Balaban J connectivity index is 1.79. The van der Waals surface area contributed by atoms with Crippen LogP contribution in [-0.4, -0.2) is 52.6 Å². The Kier molecular flexibility index (Phi) is 7.67. The van der Waals surface area contributed by atoms with Crippen LogP contribution in [0.1, 0.15) is 26.5 Å². The number of carbonyl (C=O) groups is 3. The molecule has 0 aliphatic rings. The molecule has 0 spiro atoms. The number of furan rings is 1. The number of aromatic nitrogens is 3. The van der Waals surface area contributed by atoms with E-state index in [4.69, 9.17) is 13.9 Å². The minimum atomic E-state index is -0.653. The maximum absolute atomic E-state index is 12.7. The number of methoxy groups -OCH3 is 2. The Hall–Kier alpha value is -3.86. The van der Waals surface area contributed by atoms with Gasteiger partial charge in [-0.05, 0) is 31.2 Å². The van der Waals surface area contributed by atoms with Crippen LogP contribution in [0.4, 0.5) is 5.69 Å². The van der Waals surface area contributed by atoms with E-state index in [1.54, 1.807) is 18.4 Å². The molecule has 0 bridgehead atoms. The highest BCUT2D eigenvalue weighted by atomic mass is 32.2. The summed E-state index contributed by atoms with van der Waals surface area (Å²) in [5.74, 6) is -0.397. The molecule has 10 nitrogen and oxygen atoms in total. The molecule has 0 aliphatic carbocycles. The normalized spacial score (nSPS) is 10.5. The van der Waals surface area contributed by atoms with E-state index in [-0.39, 0.29) is 22.6 Å². The number of benzene rings is 1. The fourth-order valence-electron chi connectivity index (χ4n) is 3.00. The molecule has 0 radical (unpaired) electrons. The highest BCUT2D eigenvalue weighted by Crippen LogP contribution is 2.27. The summed E-state index contributed by atoms with van der Waals surface area (Å²) in [6, 6.07) is 5.96. The zero-order valence-electron chi connectivity index (χ0n) is 18.3. The summed E-state index contributed by atoms with van der Waals surface area (Å²) in [5.41, 5.74) is 1.22. The molecule has 1 aromatic carbocycles. The number of hydrogen-bond donors (Lipinski definition) is 1. The second kappa shape index (κ2) is 10.6. The lowest BCUT2D eigenvalue weighted by atomic mass is 10.1. The Morgan fingerprint density at radius 3 is 2.58 bits per heavy atom. The molecule has 11 heteroatoms.